The van der Waals surface area contributed by atoms with Crippen LogP contribution in [0, 0.1) is 0 Å². The van der Waals surface area contributed by atoms with Gasteiger partial charge in [-0.15, -0.1) is 11.8 Å². The predicted molar refractivity (Wildman–Crippen MR) is 69.8 cm³/mol. The maximum absolute atomic E-state index is 6.17. The van der Waals surface area contributed by atoms with E-state index in [1.807, 2.05) is 17.8 Å². The first kappa shape index (κ1) is 12.9. The highest BCUT2D eigenvalue weighted by Crippen LogP contribution is 2.34. The van der Waals surface area contributed by atoms with E-state index in [9.17, 15) is 0 Å². The lowest BCUT2D eigenvalue weighted by Gasteiger charge is -2.18. The first-order valence-corrected chi connectivity index (χ1v) is 6.29. The van der Waals surface area contributed by atoms with Crippen molar-refractivity contribution >= 4 is 23.4 Å². The minimum atomic E-state index is 0.221. The molecule has 2 N–H and O–H groups in total. The quantitative estimate of drug-likeness (QED) is 0.819. The Balaban J connectivity index is 2.82. The second-order valence-corrected chi connectivity index (χ2v) is 6.81. The van der Waals surface area contributed by atoms with E-state index in [1.54, 1.807) is 0 Å². The molecule has 0 atom stereocenters. The Kier molecular flexibility index (Phi) is 4.50. The second kappa shape index (κ2) is 5.24. The van der Waals surface area contributed by atoms with Crippen LogP contribution in [0.2, 0.25) is 5.02 Å². The van der Waals surface area contributed by atoms with Crippen LogP contribution in [0.4, 0.5) is 0 Å². The van der Waals surface area contributed by atoms with Crippen molar-refractivity contribution in [2.75, 3.05) is 6.54 Å². The third-order valence-electron chi connectivity index (χ3n) is 1.86. The largest absolute Gasteiger partial charge is 0.330 e. The zero-order valence-electron chi connectivity index (χ0n) is 9.51. The van der Waals surface area contributed by atoms with Crippen molar-refractivity contribution in [1.82, 2.24) is 0 Å². The molecule has 0 spiro atoms. The lowest BCUT2D eigenvalue weighted by Crippen LogP contribution is -2.07. The summed E-state index contributed by atoms with van der Waals surface area (Å²) in [6.45, 7) is 7.23. The normalized spacial score (nSPS) is 11.8. The highest BCUT2D eigenvalue weighted by Gasteiger charge is 2.12. The molecule has 1 nitrogen and oxygen atoms in total. The summed E-state index contributed by atoms with van der Waals surface area (Å²) < 4.78 is 0.221. The fraction of sp³-hybridized carbons (Fsp3) is 0.500. The van der Waals surface area contributed by atoms with Crippen LogP contribution < -0.4 is 5.73 Å². The minimum absolute atomic E-state index is 0.221. The van der Waals surface area contributed by atoms with Gasteiger partial charge in [-0.2, -0.15) is 0 Å². The molecule has 0 heterocycles. The van der Waals surface area contributed by atoms with Gasteiger partial charge >= 0.3 is 0 Å². The van der Waals surface area contributed by atoms with E-state index in [1.165, 1.54) is 4.90 Å². The van der Waals surface area contributed by atoms with Gasteiger partial charge in [-0.3, -0.25) is 0 Å². The molecule has 1 aromatic rings. The Morgan fingerprint density at radius 1 is 1.33 bits per heavy atom. The van der Waals surface area contributed by atoms with Crippen LogP contribution in [0.25, 0.3) is 0 Å². The third-order valence-corrected chi connectivity index (χ3v) is 3.32. The zero-order chi connectivity index (χ0) is 11.5. The average Bonchev–Trinajstić information content (AvgIpc) is 2.07. The molecule has 0 aromatic heterocycles. The molecule has 0 aliphatic heterocycles. The lowest BCUT2D eigenvalue weighted by molar-refractivity contribution is 0.802. The topological polar surface area (TPSA) is 26.0 Å². The molecule has 1 aromatic carbocycles. The van der Waals surface area contributed by atoms with Gasteiger partial charge in [0.1, 0.15) is 0 Å². The fourth-order valence-corrected chi connectivity index (χ4v) is 2.66. The van der Waals surface area contributed by atoms with Crippen molar-refractivity contribution < 1.29 is 0 Å². The van der Waals surface area contributed by atoms with Gasteiger partial charge < -0.3 is 5.73 Å². The number of hydrogen-bond acceptors (Lipinski definition) is 2. The van der Waals surface area contributed by atoms with Gasteiger partial charge in [0.25, 0.3) is 0 Å². The minimum Gasteiger partial charge on any atom is -0.330 e. The Morgan fingerprint density at radius 2 is 2.00 bits per heavy atom. The molecule has 0 radical (unpaired) electrons. The summed E-state index contributed by atoms with van der Waals surface area (Å²) in [5.41, 5.74) is 6.64. The van der Waals surface area contributed by atoms with Crippen molar-refractivity contribution in [3.63, 3.8) is 0 Å². The van der Waals surface area contributed by atoms with Gasteiger partial charge in [-0.1, -0.05) is 38.4 Å². The molecular weight excluding hydrogens is 226 g/mol. The second-order valence-electron chi connectivity index (χ2n) is 4.51. The zero-order valence-corrected chi connectivity index (χ0v) is 11.1. The number of hydrogen-bond donors (Lipinski definition) is 1. The molecule has 84 valence electrons. The average molecular weight is 244 g/mol. The molecule has 0 aliphatic carbocycles. The van der Waals surface area contributed by atoms with Crippen molar-refractivity contribution in [1.29, 1.82) is 0 Å². The highest BCUT2D eigenvalue weighted by molar-refractivity contribution is 8.00. The number of nitrogens with two attached hydrogens (primary N) is 1. The first-order chi connectivity index (χ1) is 6.92. The molecule has 1 rings (SSSR count). The Morgan fingerprint density at radius 3 is 2.47 bits per heavy atom. The van der Waals surface area contributed by atoms with E-state index in [2.05, 4.69) is 32.9 Å². The SMILES string of the molecule is CC(C)(C)Sc1ccc(CCN)c(Cl)c1. The lowest BCUT2D eigenvalue weighted by atomic mass is 10.1. The fourth-order valence-electron chi connectivity index (χ4n) is 1.30. The third kappa shape index (κ3) is 4.45. The molecule has 0 fully saturated rings. The molecule has 0 aliphatic rings. The first-order valence-electron chi connectivity index (χ1n) is 5.10. The standard InChI is InChI=1S/C12H18ClNS/c1-12(2,3)15-10-5-4-9(6-7-14)11(13)8-10/h4-5,8H,6-7,14H2,1-3H3. The summed E-state index contributed by atoms with van der Waals surface area (Å²) in [5.74, 6) is 0. The van der Waals surface area contributed by atoms with Gasteiger partial charge in [-0.25, -0.2) is 0 Å². The monoisotopic (exact) mass is 243 g/mol. The van der Waals surface area contributed by atoms with E-state index in [0.29, 0.717) is 6.54 Å². The summed E-state index contributed by atoms with van der Waals surface area (Å²) in [6, 6.07) is 6.22. The molecule has 0 amide bonds. The summed E-state index contributed by atoms with van der Waals surface area (Å²) in [6.07, 6.45) is 0.847. The van der Waals surface area contributed by atoms with Crippen molar-refractivity contribution in [3.8, 4) is 0 Å². The van der Waals surface area contributed by atoms with Gasteiger partial charge in [0, 0.05) is 14.7 Å². The van der Waals surface area contributed by atoms with Crippen LogP contribution in [-0.4, -0.2) is 11.3 Å². The van der Waals surface area contributed by atoms with Crippen LogP contribution in [0.3, 0.4) is 0 Å². The van der Waals surface area contributed by atoms with E-state index in [0.717, 1.165) is 17.0 Å². The predicted octanol–water partition coefficient (Wildman–Crippen LogP) is 3.73. The van der Waals surface area contributed by atoms with Gasteiger partial charge in [-0.05, 0) is 30.7 Å². The Labute approximate surface area is 101 Å². The molecule has 0 saturated carbocycles. The van der Waals surface area contributed by atoms with Crippen molar-refractivity contribution in [2.45, 2.75) is 36.8 Å². The van der Waals surface area contributed by atoms with E-state index < -0.39 is 0 Å². The molecule has 0 unspecified atom stereocenters. The van der Waals surface area contributed by atoms with E-state index >= 15 is 0 Å². The molecular formula is C12H18ClNS. The number of halogens is 1. The van der Waals surface area contributed by atoms with Crippen LogP contribution in [0.1, 0.15) is 26.3 Å². The van der Waals surface area contributed by atoms with Gasteiger partial charge in [0.15, 0.2) is 0 Å². The van der Waals surface area contributed by atoms with Crippen molar-refractivity contribution in [2.24, 2.45) is 5.73 Å². The molecule has 0 bridgehead atoms. The molecule has 3 heteroatoms. The summed E-state index contributed by atoms with van der Waals surface area (Å²) in [4.78, 5) is 1.22. The van der Waals surface area contributed by atoms with E-state index in [-0.39, 0.29) is 4.75 Å². The molecule has 0 saturated heterocycles. The summed E-state index contributed by atoms with van der Waals surface area (Å²) >= 11 is 7.99. The maximum atomic E-state index is 6.17. The van der Waals surface area contributed by atoms with Crippen LogP contribution in [0.15, 0.2) is 23.1 Å². The number of benzene rings is 1. The van der Waals surface area contributed by atoms with Crippen LogP contribution in [0.5, 0.6) is 0 Å². The van der Waals surface area contributed by atoms with Gasteiger partial charge in [0.2, 0.25) is 0 Å². The molecule has 15 heavy (non-hydrogen) atoms. The Hall–Kier alpha value is -0.180. The van der Waals surface area contributed by atoms with Gasteiger partial charge in [0.05, 0.1) is 0 Å². The van der Waals surface area contributed by atoms with Crippen LogP contribution in [-0.2, 0) is 6.42 Å². The Bertz CT molecular complexity index is 331. The highest BCUT2D eigenvalue weighted by atomic mass is 35.5. The maximum Gasteiger partial charge on any atom is 0.0449 e. The number of thioether (sulfide) groups is 1. The number of rotatable bonds is 3. The smallest absolute Gasteiger partial charge is 0.0449 e. The summed E-state index contributed by atoms with van der Waals surface area (Å²) in [7, 11) is 0. The summed E-state index contributed by atoms with van der Waals surface area (Å²) in [5, 5.41) is 0.828. The van der Waals surface area contributed by atoms with Crippen molar-refractivity contribution in [3.05, 3.63) is 28.8 Å². The van der Waals surface area contributed by atoms with Crippen LogP contribution >= 0.6 is 23.4 Å². The van der Waals surface area contributed by atoms with E-state index in [4.69, 9.17) is 17.3 Å².